The highest BCUT2D eigenvalue weighted by atomic mass is 32.1. The van der Waals surface area contributed by atoms with Crippen molar-refractivity contribution >= 4 is 46.9 Å². The van der Waals surface area contributed by atoms with Gasteiger partial charge in [0.05, 0.1) is 6.04 Å². The molecule has 0 aromatic rings. The summed E-state index contributed by atoms with van der Waals surface area (Å²) >= 11 is 5.34. The zero-order chi connectivity index (χ0) is 26.5. The molecule has 11 nitrogen and oxygen atoms in total. The number of Topliss-reactive ketones (excluding diaryl/α,β-unsaturated/α-hetero) is 1. The number of nitrogens with zero attached hydrogens (tertiary/aromatic N) is 1. The molecule has 0 saturated carbocycles. The summed E-state index contributed by atoms with van der Waals surface area (Å²) < 4.78 is 0. The van der Waals surface area contributed by atoms with Crippen molar-refractivity contribution in [2.45, 2.75) is 65.5 Å². The fraction of sp³-hybridized carbons (Fsp3) is 0.652. The highest BCUT2D eigenvalue weighted by Crippen LogP contribution is 2.09. The molecule has 1 aliphatic heterocycles. The molecule has 0 aliphatic carbocycles. The van der Waals surface area contributed by atoms with E-state index in [0.29, 0.717) is 50.4 Å². The molecule has 0 bridgehead atoms. The Bertz CT molecular complexity index is 811. The van der Waals surface area contributed by atoms with Crippen molar-refractivity contribution in [2.75, 3.05) is 19.6 Å². The van der Waals surface area contributed by atoms with Crippen LogP contribution in [0.2, 0.25) is 0 Å². The van der Waals surface area contributed by atoms with Crippen molar-refractivity contribution in [1.29, 1.82) is 0 Å². The van der Waals surface area contributed by atoms with Crippen LogP contribution in [0.1, 0.15) is 53.4 Å². The number of hydrogen-bond acceptors (Lipinski definition) is 6. The van der Waals surface area contributed by atoms with Crippen LogP contribution in [-0.2, 0) is 19.2 Å². The van der Waals surface area contributed by atoms with E-state index in [1.807, 2.05) is 13.8 Å². The second-order valence-corrected chi connectivity index (χ2v) is 9.51. The molecule has 1 rings (SSSR count). The van der Waals surface area contributed by atoms with Gasteiger partial charge in [0.25, 0.3) is 11.8 Å². The second-order valence-electron chi connectivity index (χ2n) is 9.10. The van der Waals surface area contributed by atoms with Crippen LogP contribution in [-0.4, -0.2) is 71.3 Å². The Hall–Kier alpha value is -2.86. The molecule has 1 heterocycles. The molecular weight excluding hydrogens is 472 g/mol. The van der Waals surface area contributed by atoms with Gasteiger partial charge in [-0.25, -0.2) is 4.79 Å². The summed E-state index contributed by atoms with van der Waals surface area (Å²) in [5.74, 6) is -1.36. The molecule has 5 amide bonds. The third kappa shape index (κ3) is 11.0. The minimum Gasteiger partial charge on any atom is -0.363 e. The number of unbranched alkanes of at least 4 members (excludes halogenated alkanes) is 1. The molecule has 0 aromatic heterocycles. The van der Waals surface area contributed by atoms with E-state index in [4.69, 9.17) is 12.2 Å². The Morgan fingerprint density at radius 1 is 0.943 bits per heavy atom. The van der Waals surface area contributed by atoms with E-state index < -0.39 is 12.1 Å². The highest BCUT2D eigenvalue weighted by Gasteiger charge is 2.29. The first-order chi connectivity index (χ1) is 16.4. The van der Waals surface area contributed by atoms with Crippen LogP contribution in [0.15, 0.2) is 12.2 Å². The predicted octanol–water partition coefficient (Wildman–Crippen LogP) is -0.378. The number of urea groups is 1. The Balaban J connectivity index is 2.53. The first-order valence-corrected chi connectivity index (χ1v) is 12.4. The molecule has 0 spiro atoms. The van der Waals surface area contributed by atoms with Gasteiger partial charge < -0.3 is 21.3 Å². The Morgan fingerprint density at radius 2 is 1.54 bits per heavy atom. The quantitative estimate of drug-likeness (QED) is 0.113. The summed E-state index contributed by atoms with van der Waals surface area (Å²) in [5, 5.41) is 11.8. The van der Waals surface area contributed by atoms with Crippen molar-refractivity contribution in [3.05, 3.63) is 12.2 Å². The summed E-state index contributed by atoms with van der Waals surface area (Å²) in [4.78, 5) is 60.9. The average Bonchev–Trinajstić information content (AvgIpc) is 3.10. The van der Waals surface area contributed by atoms with Gasteiger partial charge in [-0.15, -0.1) is 0 Å². The molecule has 2 atom stereocenters. The van der Waals surface area contributed by atoms with E-state index in [9.17, 15) is 24.0 Å². The van der Waals surface area contributed by atoms with Gasteiger partial charge in [0.2, 0.25) is 5.91 Å². The summed E-state index contributed by atoms with van der Waals surface area (Å²) in [5.41, 5.74) is 3.25. The average molecular weight is 512 g/mol. The number of carbonyl (C=O) groups excluding carboxylic acids is 5. The SMILES string of the molecule is CC(C)C(=O)C(CCCNC([NH3+])=O)NC(=O)C(NC(=S)NCCCCN1C(=O)C=CC1=O)C(C)C. The number of amides is 5. The molecule has 2 unspecified atom stereocenters. The lowest BCUT2D eigenvalue weighted by Crippen LogP contribution is -2.63. The van der Waals surface area contributed by atoms with Gasteiger partial charge >= 0.3 is 6.03 Å². The molecule has 0 saturated heterocycles. The maximum Gasteiger partial charge on any atom is 0.411 e. The Labute approximate surface area is 212 Å². The van der Waals surface area contributed by atoms with Crippen molar-refractivity contribution in [3.63, 3.8) is 0 Å². The van der Waals surface area contributed by atoms with E-state index in [2.05, 4.69) is 27.0 Å². The predicted molar refractivity (Wildman–Crippen MR) is 135 cm³/mol. The smallest absolute Gasteiger partial charge is 0.363 e. The van der Waals surface area contributed by atoms with Crippen LogP contribution in [0, 0.1) is 11.8 Å². The van der Waals surface area contributed by atoms with Crippen LogP contribution < -0.4 is 27.0 Å². The van der Waals surface area contributed by atoms with Crippen molar-refractivity contribution in [3.8, 4) is 0 Å². The highest BCUT2D eigenvalue weighted by molar-refractivity contribution is 7.80. The molecule has 12 heteroatoms. The fourth-order valence-electron chi connectivity index (χ4n) is 3.46. The fourth-order valence-corrected chi connectivity index (χ4v) is 3.69. The maximum absolute atomic E-state index is 13.0. The van der Waals surface area contributed by atoms with E-state index in [1.165, 1.54) is 17.1 Å². The lowest BCUT2D eigenvalue weighted by atomic mass is 9.96. The van der Waals surface area contributed by atoms with Crippen LogP contribution in [0.4, 0.5) is 4.79 Å². The van der Waals surface area contributed by atoms with Gasteiger partial charge in [-0.3, -0.25) is 29.8 Å². The van der Waals surface area contributed by atoms with Gasteiger partial charge in [0, 0.05) is 37.7 Å². The second kappa shape index (κ2) is 15.2. The molecule has 7 N–H and O–H groups in total. The normalized spacial score (nSPS) is 14.8. The van der Waals surface area contributed by atoms with E-state index >= 15 is 0 Å². The Kier molecular flexibility index (Phi) is 13.1. The minimum atomic E-state index is -0.667. The number of nitrogens with one attached hydrogen (secondary N) is 4. The molecule has 196 valence electrons. The zero-order valence-corrected chi connectivity index (χ0v) is 21.8. The largest absolute Gasteiger partial charge is 0.411 e. The van der Waals surface area contributed by atoms with Gasteiger partial charge in [-0.1, -0.05) is 27.7 Å². The number of carbonyl (C=O) groups is 5. The van der Waals surface area contributed by atoms with Crippen molar-refractivity contribution in [1.82, 2.24) is 26.2 Å². The number of imide groups is 1. The monoisotopic (exact) mass is 511 g/mol. The van der Waals surface area contributed by atoms with Crippen molar-refractivity contribution < 1.29 is 29.7 Å². The third-order valence-electron chi connectivity index (χ3n) is 5.45. The van der Waals surface area contributed by atoms with Gasteiger partial charge in [-0.05, 0) is 43.8 Å². The van der Waals surface area contributed by atoms with Crippen LogP contribution >= 0.6 is 12.2 Å². The molecule has 0 fully saturated rings. The zero-order valence-electron chi connectivity index (χ0n) is 21.0. The maximum atomic E-state index is 13.0. The lowest BCUT2D eigenvalue weighted by Gasteiger charge is -2.27. The summed E-state index contributed by atoms with van der Waals surface area (Å²) in [6, 6.07) is -1.71. The summed E-state index contributed by atoms with van der Waals surface area (Å²) in [7, 11) is 0. The first kappa shape index (κ1) is 30.2. The third-order valence-corrected chi connectivity index (χ3v) is 5.71. The number of ketones is 1. The van der Waals surface area contributed by atoms with E-state index in [0.717, 1.165) is 0 Å². The topological polar surface area (TPSA) is 164 Å². The molecule has 0 radical (unpaired) electrons. The minimum absolute atomic E-state index is 0.0762. The van der Waals surface area contributed by atoms with Gasteiger partial charge in [0.1, 0.15) is 6.04 Å². The van der Waals surface area contributed by atoms with Crippen molar-refractivity contribution in [2.24, 2.45) is 11.8 Å². The molecule has 35 heavy (non-hydrogen) atoms. The standard InChI is InChI=1S/C23H38N6O5S/c1-14(2)19(21(33)27-16(20(32)15(3)4)8-7-12-25-22(24)34)28-23(35)26-11-5-6-13-29-17(30)9-10-18(29)31/h9-10,14-16,19H,5-8,11-13H2,1-4H3,(H,27,33)(H3,24,25,34)(H2,26,28,35)/p+1. The Morgan fingerprint density at radius 3 is 2.09 bits per heavy atom. The first-order valence-electron chi connectivity index (χ1n) is 12.0. The van der Waals surface area contributed by atoms with Gasteiger partial charge in [-0.2, -0.15) is 0 Å². The summed E-state index contributed by atoms with van der Waals surface area (Å²) in [6.45, 7) is 8.53. The number of rotatable bonds is 15. The van der Waals surface area contributed by atoms with Crippen LogP contribution in [0.5, 0.6) is 0 Å². The molecular formula is C23H39N6O5S+. The summed E-state index contributed by atoms with van der Waals surface area (Å²) in [6.07, 6.45) is 4.73. The van der Waals surface area contributed by atoms with Crippen LogP contribution in [0.3, 0.4) is 0 Å². The number of quaternary nitrogens is 1. The number of hydrogen-bond donors (Lipinski definition) is 5. The van der Waals surface area contributed by atoms with Crippen LogP contribution in [0.25, 0.3) is 0 Å². The lowest BCUT2D eigenvalue weighted by molar-refractivity contribution is -0.250. The molecule has 1 aliphatic rings. The number of thiocarbonyl (C=S) groups is 1. The molecule has 0 aromatic carbocycles. The van der Waals surface area contributed by atoms with E-state index in [1.54, 1.807) is 13.8 Å². The van der Waals surface area contributed by atoms with E-state index in [-0.39, 0.29) is 41.4 Å². The van der Waals surface area contributed by atoms with Gasteiger partial charge in [0.15, 0.2) is 10.9 Å².